The molecule has 5 heteroatoms. The number of hydrogen-bond donors (Lipinski definition) is 1. The highest BCUT2D eigenvalue weighted by molar-refractivity contribution is 5.40. The second-order valence-electron chi connectivity index (χ2n) is 3.82. The van der Waals surface area contributed by atoms with Gasteiger partial charge in [-0.25, -0.2) is 9.97 Å². The van der Waals surface area contributed by atoms with Crippen LogP contribution in [0.25, 0.3) is 0 Å². The molecule has 0 bridgehead atoms. The largest absolute Gasteiger partial charge is 0.497 e. The van der Waals surface area contributed by atoms with E-state index >= 15 is 0 Å². The third-order valence-corrected chi connectivity index (χ3v) is 2.41. The van der Waals surface area contributed by atoms with Crippen molar-refractivity contribution in [1.29, 1.82) is 0 Å². The van der Waals surface area contributed by atoms with Crippen LogP contribution in [-0.2, 0) is 6.54 Å². The molecule has 0 spiro atoms. The predicted molar refractivity (Wildman–Crippen MR) is 67.7 cm³/mol. The number of hydrogen-bond acceptors (Lipinski definition) is 5. The lowest BCUT2D eigenvalue weighted by Crippen LogP contribution is -1.98. The second kappa shape index (κ2) is 5.46. The van der Waals surface area contributed by atoms with E-state index in [0.29, 0.717) is 23.9 Å². The molecule has 1 aromatic carbocycles. The Balaban J connectivity index is 2.28. The van der Waals surface area contributed by atoms with E-state index in [4.69, 9.17) is 15.2 Å². The van der Waals surface area contributed by atoms with Crippen molar-refractivity contribution in [1.82, 2.24) is 9.97 Å². The molecule has 0 amide bonds. The lowest BCUT2D eigenvalue weighted by Gasteiger charge is -2.09. The molecule has 0 aliphatic rings. The predicted octanol–water partition coefficient (Wildman–Crippen LogP) is 2.04. The minimum absolute atomic E-state index is 0.427. The normalized spacial score (nSPS) is 10.2. The summed E-state index contributed by atoms with van der Waals surface area (Å²) < 4.78 is 10.8. The first kappa shape index (κ1) is 12.3. The van der Waals surface area contributed by atoms with Crippen LogP contribution in [0, 0.1) is 6.92 Å². The lowest BCUT2D eigenvalue weighted by molar-refractivity contribution is 0.406. The summed E-state index contributed by atoms with van der Waals surface area (Å²) in [5, 5.41) is 0. The Bertz CT molecular complexity index is 521. The van der Waals surface area contributed by atoms with E-state index in [1.54, 1.807) is 19.2 Å². The van der Waals surface area contributed by atoms with Gasteiger partial charge in [0.1, 0.15) is 17.8 Å². The molecule has 0 fully saturated rings. The molecule has 0 saturated carbocycles. The summed E-state index contributed by atoms with van der Waals surface area (Å²) >= 11 is 0. The molecule has 2 aromatic rings. The van der Waals surface area contributed by atoms with E-state index < -0.39 is 0 Å². The topological polar surface area (TPSA) is 70.3 Å². The quantitative estimate of drug-likeness (QED) is 0.892. The Hall–Kier alpha value is -2.14. The van der Waals surface area contributed by atoms with E-state index in [0.717, 1.165) is 11.3 Å². The van der Waals surface area contributed by atoms with Crippen molar-refractivity contribution in [2.24, 2.45) is 5.73 Å². The lowest BCUT2D eigenvalue weighted by atomic mass is 10.2. The van der Waals surface area contributed by atoms with E-state index in [-0.39, 0.29) is 0 Å². The summed E-state index contributed by atoms with van der Waals surface area (Å²) in [5.74, 6) is 1.85. The van der Waals surface area contributed by atoms with E-state index in [1.807, 2.05) is 19.1 Å². The summed E-state index contributed by atoms with van der Waals surface area (Å²) in [4.78, 5) is 8.05. The molecule has 1 heterocycles. The van der Waals surface area contributed by atoms with Crippen LogP contribution in [0.5, 0.6) is 17.4 Å². The zero-order valence-electron chi connectivity index (χ0n) is 10.4. The molecule has 0 radical (unpaired) electrons. The molecule has 18 heavy (non-hydrogen) atoms. The monoisotopic (exact) mass is 245 g/mol. The number of ether oxygens (including phenoxy) is 2. The van der Waals surface area contributed by atoms with E-state index in [2.05, 4.69) is 9.97 Å². The van der Waals surface area contributed by atoms with Crippen molar-refractivity contribution in [2.75, 3.05) is 7.11 Å². The number of benzene rings is 1. The standard InChI is InChI=1S/C13H15N3O2/c1-9-3-13(16-8-15-9)18-12-5-10(7-14)4-11(6-12)17-2/h3-6,8H,7,14H2,1-2H3. The Morgan fingerprint density at radius 3 is 2.56 bits per heavy atom. The maximum atomic E-state index is 5.66. The van der Waals surface area contributed by atoms with Crippen molar-refractivity contribution in [3.8, 4) is 17.4 Å². The van der Waals surface area contributed by atoms with Gasteiger partial charge in [0.05, 0.1) is 7.11 Å². The van der Waals surface area contributed by atoms with Gasteiger partial charge < -0.3 is 15.2 Å². The van der Waals surface area contributed by atoms with Crippen LogP contribution in [0.1, 0.15) is 11.3 Å². The first-order valence-electron chi connectivity index (χ1n) is 5.56. The Labute approximate surface area is 106 Å². The van der Waals surface area contributed by atoms with E-state index in [9.17, 15) is 0 Å². The Morgan fingerprint density at radius 2 is 1.89 bits per heavy atom. The number of aryl methyl sites for hydroxylation is 1. The number of aromatic nitrogens is 2. The number of nitrogens with zero attached hydrogens (tertiary/aromatic N) is 2. The van der Waals surface area contributed by atoms with Gasteiger partial charge in [-0.3, -0.25) is 0 Å². The first-order valence-corrected chi connectivity index (χ1v) is 5.56. The van der Waals surface area contributed by atoms with Gasteiger partial charge in [-0.2, -0.15) is 0 Å². The van der Waals surface area contributed by atoms with Gasteiger partial charge in [0.15, 0.2) is 0 Å². The zero-order chi connectivity index (χ0) is 13.0. The van der Waals surface area contributed by atoms with Crippen molar-refractivity contribution in [3.05, 3.63) is 41.9 Å². The highest BCUT2D eigenvalue weighted by Crippen LogP contribution is 2.26. The third-order valence-electron chi connectivity index (χ3n) is 2.41. The van der Waals surface area contributed by atoms with Crippen molar-refractivity contribution in [2.45, 2.75) is 13.5 Å². The van der Waals surface area contributed by atoms with Crippen molar-refractivity contribution < 1.29 is 9.47 Å². The summed E-state index contributed by atoms with van der Waals surface area (Å²) in [7, 11) is 1.61. The fourth-order valence-corrected chi connectivity index (χ4v) is 1.53. The van der Waals surface area contributed by atoms with Crippen LogP contribution in [0.2, 0.25) is 0 Å². The average molecular weight is 245 g/mol. The average Bonchev–Trinajstić information content (AvgIpc) is 2.38. The minimum atomic E-state index is 0.427. The summed E-state index contributed by atoms with van der Waals surface area (Å²) in [6.45, 7) is 2.31. The second-order valence-corrected chi connectivity index (χ2v) is 3.82. The summed E-state index contributed by atoms with van der Waals surface area (Å²) in [5.41, 5.74) is 7.41. The van der Waals surface area contributed by atoms with Gasteiger partial charge in [0.25, 0.3) is 0 Å². The molecule has 94 valence electrons. The van der Waals surface area contributed by atoms with Crippen LogP contribution in [-0.4, -0.2) is 17.1 Å². The molecular weight excluding hydrogens is 230 g/mol. The van der Waals surface area contributed by atoms with Crippen LogP contribution in [0.3, 0.4) is 0 Å². The SMILES string of the molecule is COc1cc(CN)cc(Oc2cc(C)ncn2)c1. The van der Waals surface area contributed by atoms with Gasteiger partial charge in [-0.05, 0) is 24.6 Å². The number of rotatable bonds is 4. The van der Waals surface area contributed by atoms with Gasteiger partial charge >= 0.3 is 0 Å². The van der Waals surface area contributed by atoms with Crippen molar-refractivity contribution >= 4 is 0 Å². The number of nitrogens with two attached hydrogens (primary N) is 1. The fraction of sp³-hybridized carbons (Fsp3) is 0.231. The fourth-order valence-electron chi connectivity index (χ4n) is 1.53. The highest BCUT2D eigenvalue weighted by atomic mass is 16.5. The van der Waals surface area contributed by atoms with Crippen molar-refractivity contribution in [3.63, 3.8) is 0 Å². The molecular formula is C13H15N3O2. The van der Waals surface area contributed by atoms with Gasteiger partial charge in [0, 0.05) is 24.4 Å². The van der Waals surface area contributed by atoms with Gasteiger partial charge in [-0.15, -0.1) is 0 Å². The zero-order valence-corrected chi connectivity index (χ0v) is 10.4. The highest BCUT2D eigenvalue weighted by Gasteiger charge is 2.04. The maximum Gasteiger partial charge on any atom is 0.222 e. The van der Waals surface area contributed by atoms with Crippen LogP contribution in [0.4, 0.5) is 0 Å². The smallest absolute Gasteiger partial charge is 0.222 e. The molecule has 2 rings (SSSR count). The molecule has 0 saturated heterocycles. The number of methoxy groups -OCH3 is 1. The van der Waals surface area contributed by atoms with E-state index in [1.165, 1.54) is 6.33 Å². The minimum Gasteiger partial charge on any atom is -0.497 e. The van der Waals surface area contributed by atoms with Gasteiger partial charge in [-0.1, -0.05) is 0 Å². The maximum absolute atomic E-state index is 5.66. The molecule has 0 atom stereocenters. The van der Waals surface area contributed by atoms with Crippen LogP contribution < -0.4 is 15.2 Å². The Kier molecular flexibility index (Phi) is 3.74. The molecule has 0 aliphatic heterocycles. The first-order chi connectivity index (χ1) is 8.71. The molecule has 0 unspecified atom stereocenters. The molecule has 2 N–H and O–H groups in total. The summed E-state index contributed by atoms with van der Waals surface area (Å²) in [6.07, 6.45) is 1.47. The molecule has 5 nitrogen and oxygen atoms in total. The molecule has 0 aliphatic carbocycles. The third kappa shape index (κ3) is 2.95. The molecule has 1 aromatic heterocycles. The Morgan fingerprint density at radius 1 is 1.11 bits per heavy atom. The summed E-state index contributed by atoms with van der Waals surface area (Å²) in [6, 6.07) is 7.29. The van der Waals surface area contributed by atoms with Gasteiger partial charge in [0.2, 0.25) is 5.88 Å². The van der Waals surface area contributed by atoms with Crippen LogP contribution in [0.15, 0.2) is 30.6 Å². The van der Waals surface area contributed by atoms with Crippen LogP contribution >= 0.6 is 0 Å².